The monoisotopic (exact) mass is 458 g/mol. The molecule has 0 aliphatic carbocycles. The first-order valence-electron chi connectivity index (χ1n) is 10.5. The van der Waals surface area contributed by atoms with Gasteiger partial charge in [-0.15, -0.1) is 0 Å². The first-order valence-corrected chi connectivity index (χ1v) is 10.5. The Kier molecular flexibility index (Phi) is 6.83. The van der Waals surface area contributed by atoms with Crippen LogP contribution in [0.3, 0.4) is 0 Å². The zero-order chi connectivity index (χ0) is 23.9. The summed E-state index contributed by atoms with van der Waals surface area (Å²) in [4.78, 5) is 36.2. The van der Waals surface area contributed by atoms with Crippen LogP contribution in [0.1, 0.15) is 16.1 Å². The second kappa shape index (κ2) is 10.3. The summed E-state index contributed by atoms with van der Waals surface area (Å²) in [5.74, 6) is -1.36. The summed E-state index contributed by atoms with van der Waals surface area (Å²) in [6, 6.07) is 22.0. The number of aryl methyl sites for hydroxylation is 1. The number of nitrogens with zero attached hydrogens (tertiary/aromatic N) is 2. The molecule has 2 aromatic carbocycles. The summed E-state index contributed by atoms with van der Waals surface area (Å²) in [6.07, 6.45) is 1.35. The van der Waals surface area contributed by atoms with Gasteiger partial charge in [-0.2, -0.15) is 5.10 Å². The Labute approximate surface area is 195 Å². The molecule has 2 N–H and O–H groups in total. The van der Waals surface area contributed by atoms with Gasteiger partial charge in [0.2, 0.25) is 0 Å². The third kappa shape index (κ3) is 5.57. The van der Waals surface area contributed by atoms with Gasteiger partial charge in [0.1, 0.15) is 12.4 Å². The highest BCUT2D eigenvalue weighted by molar-refractivity contribution is 5.95. The highest BCUT2D eigenvalue weighted by Gasteiger charge is 2.16. The smallest absolute Gasteiger partial charge is 0.325 e. The molecule has 2 aromatic heterocycles. The van der Waals surface area contributed by atoms with Crippen LogP contribution in [0.25, 0.3) is 16.9 Å². The van der Waals surface area contributed by atoms with E-state index < -0.39 is 30.9 Å². The Hall–Kier alpha value is -4.66. The highest BCUT2D eigenvalue weighted by Crippen LogP contribution is 2.25. The minimum Gasteiger partial charge on any atom is -0.459 e. The van der Waals surface area contributed by atoms with Crippen LogP contribution < -0.4 is 10.6 Å². The van der Waals surface area contributed by atoms with Crippen LogP contribution in [0.2, 0.25) is 0 Å². The fourth-order valence-electron chi connectivity index (χ4n) is 3.12. The second-order valence-electron chi connectivity index (χ2n) is 7.40. The largest absolute Gasteiger partial charge is 0.459 e. The average molecular weight is 458 g/mol. The Balaban J connectivity index is 1.40. The van der Waals surface area contributed by atoms with Gasteiger partial charge >= 0.3 is 5.97 Å². The van der Waals surface area contributed by atoms with Gasteiger partial charge in [0.05, 0.1) is 17.6 Å². The number of anilines is 1. The lowest BCUT2D eigenvalue weighted by Crippen LogP contribution is -2.32. The van der Waals surface area contributed by atoms with Crippen molar-refractivity contribution in [1.29, 1.82) is 0 Å². The second-order valence-corrected chi connectivity index (χ2v) is 7.40. The highest BCUT2D eigenvalue weighted by atomic mass is 16.5. The molecule has 0 fully saturated rings. The number of nitrogens with one attached hydrogen (secondary N) is 2. The Morgan fingerprint density at radius 1 is 1.00 bits per heavy atom. The van der Waals surface area contributed by atoms with Crippen LogP contribution in [0.4, 0.5) is 5.82 Å². The van der Waals surface area contributed by atoms with Crippen LogP contribution in [0.15, 0.2) is 83.5 Å². The van der Waals surface area contributed by atoms with Gasteiger partial charge < -0.3 is 19.8 Å². The van der Waals surface area contributed by atoms with Crippen LogP contribution in [0, 0.1) is 6.92 Å². The summed E-state index contributed by atoms with van der Waals surface area (Å²) < 4.78 is 11.5. The molecule has 4 aromatic rings. The lowest BCUT2D eigenvalue weighted by molar-refractivity contribution is -0.146. The van der Waals surface area contributed by atoms with E-state index in [1.165, 1.54) is 12.3 Å². The van der Waals surface area contributed by atoms with E-state index in [1.54, 1.807) is 16.8 Å². The Morgan fingerprint density at radius 2 is 1.76 bits per heavy atom. The number of amides is 2. The third-order valence-corrected chi connectivity index (χ3v) is 4.83. The minimum absolute atomic E-state index is 0.0732. The first kappa shape index (κ1) is 22.5. The number of esters is 1. The lowest BCUT2D eigenvalue weighted by atomic mass is 10.1. The van der Waals surface area contributed by atoms with Crippen LogP contribution in [-0.4, -0.2) is 40.7 Å². The number of furan rings is 1. The van der Waals surface area contributed by atoms with E-state index in [2.05, 4.69) is 15.7 Å². The molecule has 172 valence electrons. The number of ether oxygens (including phenoxy) is 1. The first-order chi connectivity index (χ1) is 16.5. The molecule has 9 nitrogen and oxygen atoms in total. The fourth-order valence-corrected chi connectivity index (χ4v) is 3.12. The molecule has 9 heteroatoms. The maximum Gasteiger partial charge on any atom is 0.325 e. The summed E-state index contributed by atoms with van der Waals surface area (Å²) in [6.45, 7) is 1.09. The molecule has 0 bridgehead atoms. The van der Waals surface area contributed by atoms with E-state index in [1.807, 2.05) is 61.5 Å². The van der Waals surface area contributed by atoms with Crippen LogP contribution >= 0.6 is 0 Å². The molecular weight excluding hydrogens is 436 g/mol. The molecule has 2 heterocycles. The zero-order valence-corrected chi connectivity index (χ0v) is 18.4. The molecule has 0 saturated heterocycles. The van der Waals surface area contributed by atoms with E-state index >= 15 is 0 Å². The fraction of sp³-hybridized carbons (Fsp3) is 0.120. The van der Waals surface area contributed by atoms with Crippen molar-refractivity contribution in [1.82, 2.24) is 15.1 Å². The molecule has 0 aliphatic heterocycles. The summed E-state index contributed by atoms with van der Waals surface area (Å²) in [7, 11) is 0. The van der Waals surface area contributed by atoms with Crippen LogP contribution in [0.5, 0.6) is 0 Å². The molecule has 0 unspecified atom stereocenters. The summed E-state index contributed by atoms with van der Waals surface area (Å²) in [5, 5.41) is 9.74. The topological polar surface area (TPSA) is 115 Å². The van der Waals surface area contributed by atoms with E-state index in [0.29, 0.717) is 11.5 Å². The van der Waals surface area contributed by atoms with Gasteiger partial charge in [0.25, 0.3) is 11.8 Å². The number of hydrogen-bond donors (Lipinski definition) is 2. The quantitative estimate of drug-likeness (QED) is 0.391. The van der Waals surface area contributed by atoms with Crippen molar-refractivity contribution < 1.29 is 23.5 Å². The summed E-state index contributed by atoms with van der Waals surface area (Å²) in [5.41, 5.74) is 3.46. The molecule has 0 spiro atoms. The number of carbonyl (C=O) groups excluding carboxylic acids is 3. The maximum atomic E-state index is 12.5. The van der Waals surface area contributed by atoms with Crippen molar-refractivity contribution in [3.05, 3.63) is 90.4 Å². The molecule has 0 saturated carbocycles. The predicted octanol–water partition coefficient (Wildman–Crippen LogP) is 3.35. The average Bonchev–Trinajstić information content (AvgIpc) is 3.53. The predicted molar refractivity (Wildman–Crippen MR) is 124 cm³/mol. The lowest BCUT2D eigenvalue weighted by Gasteiger charge is -2.09. The maximum absolute atomic E-state index is 12.5. The van der Waals surface area contributed by atoms with Crippen molar-refractivity contribution in [2.24, 2.45) is 0 Å². The molecule has 34 heavy (non-hydrogen) atoms. The number of rotatable bonds is 8. The van der Waals surface area contributed by atoms with Gasteiger partial charge in [-0.3, -0.25) is 14.4 Å². The zero-order valence-electron chi connectivity index (χ0n) is 18.4. The van der Waals surface area contributed by atoms with E-state index in [-0.39, 0.29) is 5.76 Å². The van der Waals surface area contributed by atoms with Crippen molar-refractivity contribution in [3.8, 4) is 16.9 Å². The van der Waals surface area contributed by atoms with Crippen molar-refractivity contribution >= 4 is 23.6 Å². The number of carbonyl (C=O) groups is 3. The normalized spacial score (nSPS) is 10.5. The van der Waals surface area contributed by atoms with Gasteiger partial charge in [-0.25, -0.2) is 4.68 Å². The van der Waals surface area contributed by atoms with Gasteiger partial charge in [-0.1, -0.05) is 48.0 Å². The van der Waals surface area contributed by atoms with Crippen LogP contribution in [-0.2, 0) is 14.3 Å². The standard InChI is InChI=1S/C25H22N4O5/c1-17-9-11-18(12-10-17)20-14-22(29(28-20)19-6-3-2-4-7-19)27-23(30)16-34-24(31)15-26-25(32)21-8-5-13-33-21/h2-14H,15-16H2,1H3,(H,26,32)(H,27,30). The van der Waals surface area contributed by atoms with E-state index in [9.17, 15) is 14.4 Å². The summed E-state index contributed by atoms with van der Waals surface area (Å²) >= 11 is 0. The van der Waals surface area contributed by atoms with Gasteiger partial charge in [0.15, 0.2) is 12.4 Å². The minimum atomic E-state index is -0.757. The van der Waals surface area contributed by atoms with Crippen molar-refractivity contribution in [2.45, 2.75) is 6.92 Å². The van der Waals surface area contributed by atoms with E-state index in [4.69, 9.17) is 9.15 Å². The molecule has 2 amide bonds. The Bertz CT molecular complexity index is 1280. The van der Waals surface area contributed by atoms with Crippen molar-refractivity contribution in [3.63, 3.8) is 0 Å². The number of benzene rings is 2. The molecular formula is C25H22N4O5. The Morgan fingerprint density at radius 3 is 2.47 bits per heavy atom. The molecule has 0 atom stereocenters. The number of hydrogen-bond acceptors (Lipinski definition) is 6. The van der Waals surface area contributed by atoms with Gasteiger partial charge in [0, 0.05) is 11.6 Å². The third-order valence-electron chi connectivity index (χ3n) is 4.83. The van der Waals surface area contributed by atoms with Crippen molar-refractivity contribution in [2.75, 3.05) is 18.5 Å². The molecule has 0 aliphatic rings. The molecule has 0 radical (unpaired) electrons. The molecule has 4 rings (SSSR count). The number of aromatic nitrogens is 2. The van der Waals surface area contributed by atoms with Gasteiger partial charge in [-0.05, 0) is 31.2 Å². The SMILES string of the molecule is Cc1ccc(-c2cc(NC(=O)COC(=O)CNC(=O)c3ccco3)n(-c3ccccc3)n2)cc1. The number of para-hydroxylation sites is 1. The van der Waals surface area contributed by atoms with E-state index in [0.717, 1.165) is 16.8 Å².